The van der Waals surface area contributed by atoms with Crippen molar-refractivity contribution in [2.75, 3.05) is 32.8 Å². The van der Waals surface area contributed by atoms with E-state index in [1.807, 2.05) is 60.8 Å². The van der Waals surface area contributed by atoms with Crippen molar-refractivity contribution >= 4 is 34.1 Å². The standard InChI is InChI=1S/C26H25N3O4S/c1-2-32-21-9-7-18(8-10-21)25-27-20(17-34-25)16-24(30)28-11-13-29(14-12-28)26(31)23-15-19-5-3-4-6-22(19)33-23/h3-10,15,17H,2,11-14,16H2,1H3. The summed E-state index contributed by atoms with van der Waals surface area (Å²) in [6.45, 7) is 4.55. The fraction of sp³-hybridized carbons (Fsp3) is 0.269. The third-order valence-corrected chi connectivity index (χ3v) is 6.79. The van der Waals surface area contributed by atoms with Crippen molar-refractivity contribution in [1.82, 2.24) is 14.8 Å². The summed E-state index contributed by atoms with van der Waals surface area (Å²) in [6.07, 6.45) is 0.255. The summed E-state index contributed by atoms with van der Waals surface area (Å²) in [6, 6.07) is 17.2. The van der Waals surface area contributed by atoms with E-state index in [2.05, 4.69) is 4.98 Å². The Labute approximate surface area is 201 Å². The van der Waals surface area contributed by atoms with E-state index in [1.165, 1.54) is 11.3 Å². The Morgan fingerprint density at radius 2 is 1.76 bits per heavy atom. The lowest BCUT2D eigenvalue weighted by Crippen LogP contribution is -2.50. The van der Waals surface area contributed by atoms with Crippen LogP contribution >= 0.6 is 11.3 Å². The first-order chi connectivity index (χ1) is 16.6. The smallest absolute Gasteiger partial charge is 0.289 e. The number of nitrogens with zero attached hydrogens (tertiary/aromatic N) is 3. The van der Waals surface area contributed by atoms with Crippen LogP contribution in [0.5, 0.6) is 5.75 Å². The summed E-state index contributed by atoms with van der Waals surface area (Å²) in [4.78, 5) is 33.9. The van der Waals surface area contributed by atoms with Gasteiger partial charge in [-0.2, -0.15) is 0 Å². The quantitative estimate of drug-likeness (QED) is 0.411. The molecule has 34 heavy (non-hydrogen) atoms. The average molecular weight is 476 g/mol. The van der Waals surface area contributed by atoms with Crippen molar-refractivity contribution in [2.24, 2.45) is 0 Å². The summed E-state index contributed by atoms with van der Waals surface area (Å²) in [5.74, 6) is 1.06. The Hall–Kier alpha value is -3.65. The van der Waals surface area contributed by atoms with E-state index in [-0.39, 0.29) is 18.2 Å². The van der Waals surface area contributed by atoms with Crippen LogP contribution in [-0.4, -0.2) is 59.4 Å². The Kier molecular flexibility index (Phi) is 6.31. The summed E-state index contributed by atoms with van der Waals surface area (Å²) in [7, 11) is 0. The fourth-order valence-electron chi connectivity index (χ4n) is 4.05. The van der Waals surface area contributed by atoms with Crippen LogP contribution in [0.1, 0.15) is 23.2 Å². The Morgan fingerprint density at radius 3 is 2.50 bits per heavy atom. The highest BCUT2D eigenvalue weighted by Crippen LogP contribution is 2.26. The first kappa shape index (κ1) is 22.2. The summed E-state index contributed by atoms with van der Waals surface area (Å²) in [5, 5.41) is 3.73. The lowest BCUT2D eigenvalue weighted by molar-refractivity contribution is -0.132. The molecule has 1 aliphatic heterocycles. The molecule has 2 aromatic carbocycles. The van der Waals surface area contributed by atoms with Gasteiger partial charge in [-0.15, -0.1) is 11.3 Å². The molecular weight excluding hydrogens is 450 g/mol. The van der Waals surface area contributed by atoms with Crippen molar-refractivity contribution < 1.29 is 18.7 Å². The molecule has 2 amide bonds. The number of para-hydroxylation sites is 1. The van der Waals surface area contributed by atoms with Gasteiger partial charge in [-0.3, -0.25) is 9.59 Å². The second-order valence-corrected chi connectivity index (χ2v) is 8.96. The zero-order valence-electron chi connectivity index (χ0n) is 18.9. The molecule has 5 rings (SSSR count). The number of ether oxygens (including phenoxy) is 1. The number of thiazole rings is 1. The number of amides is 2. The number of hydrogen-bond acceptors (Lipinski definition) is 6. The van der Waals surface area contributed by atoms with Gasteiger partial charge in [-0.05, 0) is 43.3 Å². The molecule has 7 nitrogen and oxygen atoms in total. The van der Waals surface area contributed by atoms with Gasteiger partial charge in [-0.1, -0.05) is 18.2 Å². The van der Waals surface area contributed by atoms with Gasteiger partial charge in [0.15, 0.2) is 5.76 Å². The second-order valence-electron chi connectivity index (χ2n) is 8.10. The molecule has 3 heterocycles. The van der Waals surface area contributed by atoms with Gasteiger partial charge < -0.3 is 19.0 Å². The van der Waals surface area contributed by atoms with Crippen LogP contribution in [0.3, 0.4) is 0 Å². The molecule has 0 bridgehead atoms. The van der Waals surface area contributed by atoms with E-state index in [9.17, 15) is 9.59 Å². The highest BCUT2D eigenvalue weighted by atomic mass is 32.1. The summed E-state index contributed by atoms with van der Waals surface area (Å²) >= 11 is 1.53. The van der Waals surface area contributed by atoms with Crippen LogP contribution in [0.15, 0.2) is 64.4 Å². The fourth-order valence-corrected chi connectivity index (χ4v) is 4.88. The SMILES string of the molecule is CCOc1ccc(-c2nc(CC(=O)N3CCN(C(=O)c4cc5ccccc5o4)CC3)cs2)cc1. The van der Waals surface area contributed by atoms with Crippen molar-refractivity contribution in [2.45, 2.75) is 13.3 Å². The topological polar surface area (TPSA) is 75.9 Å². The van der Waals surface area contributed by atoms with E-state index < -0.39 is 0 Å². The van der Waals surface area contributed by atoms with Gasteiger partial charge in [0.05, 0.1) is 18.7 Å². The Bertz CT molecular complexity index is 1270. The maximum absolute atomic E-state index is 12.8. The molecule has 0 spiro atoms. The average Bonchev–Trinajstić information content (AvgIpc) is 3.51. The number of carbonyl (C=O) groups is 2. The maximum Gasteiger partial charge on any atom is 0.289 e. The van der Waals surface area contributed by atoms with E-state index in [1.54, 1.807) is 15.9 Å². The van der Waals surface area contributed by atoms with Crippen LogP contribution in [0.2, 0.25) is 0 Å². The highest BCUT2D eigenvalue weighted by Gasteiger charge is 2.27. The predicted octanol–water partition coefficient (Wildman–Crippen LogP) is 4.48. The predicted molar refractivity (Wildman–Crippen MR) is 131 cm³/mol. The molecule has 1 fully saturated rings. The second kappa shape index (κ2) is 9.69. The number of hydrogen-bond donors (Lipinski definition) is 0. The molecule has 4 aromatic rings. The number of fused-ring (bicyclic) bond motifs is 1. The van der Waals surface area contributed by atoms with Crippen LogP contribution in [-0.2, 0) is 11.2 Å². The summed E-state index contributed by atoms with van der Waals surface area (Å²) < 4.78 is 11.2. The van der Waals surface area contributed by atoms with Crippen molar-refractivity contribution in [1.29, 1.82) is 0 Å². The van der Waals surface area contributed by atoms with Gasteiger partial charge in [-0.25, -0.2) is 4.98 Å². The molecule has 1 saturated heterocycles. The first-order valence-corrected chi connectivity index (χ1v) is 12.2. The zero-order chi connectivity index (χ0) is 23.5. The number of benzene rings is 2. The number of carbonyl (C=O) groups excluding carboxylic acids is 2. The van der Waals surface area contributed by atoms with Gasteiger partial charge in [0, 0.05) is 42.5 Å². The Balaban J connectivity index is 1.16. The van der Waals surface area contributed by atoms with Crippen LogP contribution < -0.4 is 4.74 Å². The van der Waals surface area contributed by atoms with E-state index in [0.717, 1.165) is 27.4 Å². The van der Waals surface area contributed by atoms with Crippen LogP contribution in [0.4, 0.5) is 0 Å². The van der Waals surface area contributed by atoms with E-state index in [0.29, 0.717) is 44.1 Å². The van der Waals surface area contributed by atoms with Crippen LogP contribution in [0, 0.1) is 0 Å². The number of furan rings is 1. The van der Waals surface area contributed by atoms with Gasteiger partial charge >= 0.3 is 0 Å². The summed E-state index contributed by atoms with van der Waals surface area (Å²) in [5.41, 5.74) is 2.47. The van der Waals surface area contributed by atoms with Gasteiger partial charge in [0.1, 0.15) is 16.3 Å². The molecular formula is C26H25N3O4S. The third kappa shape index (κ3) is 4.68. The monoisotopic (exact) mass is 475 g/mol. The minimum atomic E-state index is -0.136. The number of aromatic nitrogens is 1. The largest absolute Gasteiger partial charge is 0.494 e. The molecule has 0 aliphatic carbocycles. The van der Waals surface area contributed by atoms with E-state index >= 15 is 0 Å². The molecule has 2 aromatic heterocycles. The van der Waals surface area contributed by atoms with Gasteiger partial charge in [0.2, 0.25) is 5.91 Å². The molecule has 1 aliphatic rings. The first-order valence-electron chi connectivity index (χ1n) is 11.3. The zero-order valence-corrected chi connectivity index (χ0v) is 19.7. The molecule has 8 heteroatoms. The molecule has 0 atom stereocenters. The van der Waals surface area contributed by atoms with Crippen molar-refractivity contribution in [3.05, 3.63) is 71.4 Å². The third-order valence-electron chi connectivity index (χ3n) is 5.85. The van der Waals surface area contributed by atoms with Crippen LogP contribution in [0.25, 0.3) is 21.5 Å². The Morgan fingerprint density at radius 1 is 1.03 bits per heavy atom. The van der Waals surface area contributed by atoms with Crippen molar-refractivity contribution in [3.63, 3.8) is 0 Å². The van der Waals surface area contributed by atoms with Crippen molar-refractivity contribution in [3.8, 4) is 16.3 Å². The number of rotatable bonds is 6. The normalized spacial score (nSPS) is 13.9. The lowest BCUT2D eigenvalue weighted by Gasteiger charge is -2.34. The molecule has 0 N–H and O–H groups in total. The number of piperazine rings is 1. The maximum atomic E-state index is 12.8. The molecule has 0 saturated carbocycles. The minimum absolute atomic E-state index is 0.0272. The van der Waals surface area contributed by atoms with E-state index in [4.69, 9.17) is 9.15 Å². The molecule has 0 radical (unpaired) electrons. The highest BCUT2D eigenvalue weighted by molar-refractivity contribution is 7.13. The lowest BCUT2D eigenvalue weighted by atomic mass is 10.2. The molecule has 174 valence electrons. The minimum Gasteiger partial charge on any atom is -0.494 e. The molecule has 0 unspecified atom stereocenters. The van der Waals surface area contributed by atoms with Gasteiger partial charge in [0.25, 0.3) is 5.91 Å².